The monoisotopic (exact) mass is 195 g/mol. The van der Waals surface area contributed by atoms with E-state index in [-0.39, 0.29) is 12.1 Å². The first-order valence-electron chi connectivity index (χ1n) is 4.70. The zero-order chi connectivity index (χ0) is 10.1. The van der Waals surface area contributed by atoms with Crippen molar-refractivity contribution in [2.75, 3.05) is 6.54 Å². The van der Waals surface area contributed by atoms with Gasteiger partial charge in [0.05, 0.1) is 5.69 Å². The Labute approximate surface area is 81.0 Å². The van der Waals surface area contributed by atoms with Crippen LogP contribution >= 0.6 is 0 Å². The Kier molecular flexibility index (Phi) is 2.35. The molecule has 1 unspecified atom stereocenters. The quantitative estimate of drug-likeness (QED) is 0.614. The number of aliphatic hydroxyl groups is 1. The zero-order valence-electron chi connectivity index (χ0n) is 7.73. The number of H-pyrrole nitrogens is 1. The van der Waals surface area contributed by atoms with Crippen molar-refractivity contribution in [3.05, 3.63) is 27.9 Å². The van der Waals surface area contributed by atoms with Gasteiger partial charge in [0.25, 0.3) is 5.56 Å². The Morgan fingerprint density at radius 2 is 2.43 bits per heavy atom. The fraction of sp³-hybridized carbons (Fsp3) is 0.556. The van der Waals surface area contributed by atoms with E-state index in [2.05, 4.69) is 9.97 Å². The van der Waals surface area contributed by atoms with Crippen LogP contribution in [0.15, 0.2) is 10.9 Å². The summed E-state index contributed by atoms with van der Waals surface area (Å²) in [6.45, 7) is 0.0839. The lowest BCUT2D eigenvalue weighted by atomic mass is 10.2. The van der Waals surface area contributed by atoms with Gasteiger partial charge in [-0.25, -0.2) is 4.98 Å². The molecule has 1 aliphatic carbocycles. The predicted molar refractivity (Wildman–Crippen MR) is 50.8 cm³/mol. The Hall–Kier alpha value is -1.20. The second-order valence-electron chi connectivity index (χ2n) is 3.58. The number of hydrogen-bond donors (Lipinski definition) is 3. The van der Waals surface area contributed by atoms with E-state index in [4.69, 9.17) is 5.73 Å². The Balaban J connectivity index is 2.35. The number of nitrogens with zero attached hydrogens (tertiary/aromatic N) is 1. The summed E-state index contributed by atoms with van der Waals surface area (Å²) in [5.41, 5.74) is 5.45. The third-order valence-corrected chi connectivity index (χ3v) is 2.31. The molecule has 1 heterocycles. The molecule has 0 bridgehead atoms. The van der Waals surface area contributed by atoms with Gasteiger partial charge >= 0.3 is 0 Å². The van der Waals surface area contributed by atoms with Crippen molar-refractivity contribution < 1.29 is 5.11 Å². The summed E-state index contributed by atoms with van der Waals surface area (Å²) in [7, 11) is 0. The predicted octanol–water partition coefficient (Wildman–Crippen LogP) is -0.361. The van der Waals surface area contributed by atoms with Crippen LogP contribution in [-0.4, -0.2) is 21.6 Å². The van der Waals surface area contributed by atoms with Crippen molar-refractivity contribution in [2.24, 2.45) is 5.73 Å². The Morgan fingerprint density at radius 1 is 1.71 bits per heavy atom. The van der Waals surface area contributed by atoms with Crippen LogP contribution in [0.4, 0.5) is 0 Å². The lowest BCUT2D eigenvalue weighted by molar-refractivity contribution is 0.181. The minimum absolute atomic E-state index is 0.0839. The van der Waals surface area contributed by atoms with Crippen LogP contribution in [0.5, 0.6) is 0 Å². The average molecular weight is 195 g/mol. The van der Waals surface area contributed by atoms with Gasteiger partial charge in [-0.1, -0.05) is 0 Å². The van der Waals surface area contributed by atoms with Crippen LogP contribution in [0.1, 0.15) is 36.4 Å². The first kappa shape index (κ1) is 9.36. The maximum atomic E-state index is 11.2. The van der Waals surface area contributed by atoms with Gasteiger partial charge < -0.3 is 15.8 Å². The highest BCUT2D eigenvalue weighted by atomic mass is 16.3. The molecule has 1 fully saturated rings. The molecule has 1 atom stereocenters. The minimum atomic E-state index is -0.838. The molecule has 1 aliphatic rings. The van der Waals surface area contributed by atoms with Crippen LogP contribution in [0, 0.1) is 0 Å². The van der Waals surface area contributed by atoms with E-state index in [1.807, 2.05) is 0 Å². The number of aliphatic hydroxyl groups excluding tert-OH is 1. The minimum Gasteiger partial charge on any atom is -0.385 e. The van der Waals surface area contributed by atoms with Crippen LogP contribution in [-0.2, 0) is 0 Å². The molecule has 5 heteroatoms. The normalized spacial score (nSPS) is 18.1. The lowest BCUT2D eigenvalue weighted by Crippen LogP contribution is -2.19. The van der Waals surface area contributed by atoms with Crippen LogP contribution in [0.3, 0.4) is 0 Å². The topological polar surface area (TPSA) is 92.0 Å². The first-order valence-corrected chi connectivity index (χ1v) is 4.70. The maximum absolute atomic E-state index is 11.2. The summed E-state index contributed by atoms with van der Waals surface area (Å²) in [6.07, 6.45) is 1.28. The second-order valence-corrected chi connectivity index (χ2v) is 3.58. The molecule has 2 rings (SSSR count). The average Bonchev–Trinajstić information content (AvgIpc) is 2.98. The highest BCUT2D eigenvalue weighted by molar-refractivity contribution is 5.12. The standard InChI is InChI=1S/C9H13N3O2/c10-4-7(13)6-3-8(14)12-9(11-6)5-1-2-5/h3,5,7,13H,1-2,4,10H2,(H,11,12,14). The molecule has 0 aliphatic heterocycles. The van der Waals surface area contributed by atoms with Crippen molar-refractivity contribution in [1.82, 2.24) is 9.97 Å². The molecule has 1 aromatic rings. The third kappa shape index (κ3) is 1.83. The molecule has 0 spiro atoms. The molecule has 14 heavy (non-hydrogen) atoms. The van der Waals surface area contributed by atoms with Crippen molar-refractivity contribution in [3.8, 4) is 0 Å². The number of aromatic nitrogens is 2. The van der Waals surface area contributed by atoms with Crippen LogP contribution in [0.2, 0.25) is 0 Å². The number of nitrogens with one attached hydrogen (secondary N) is 1. The van der Waals surface area contributed by atoms with Crippen LogP contribution in [0.25, 0.3) is 0 Å². The van der Waals surface area contributed by atoms with Crippen molar-refractivity contribution in [3.63, 3.8) is 0 Å². The molecular weight excluding hydrogens is 182 g/mol. The van der Waals surface area contributed by atoms with Gasteiger partial charge in [-0.2, -0.15) is 0 Å². The first-order chi connectivity index (χ1) is 6.70. The maximum Gasteiger partial charge on any atom is 0.251 e. The molecular formula is C9H13N3O2. The molecule has 0 aromatic carbocycles. The molecule has 5 nitrogen and oxygen atoms in total. The summed E-state index contributed by atoms with van der Waals surface area (Å²) in [5.74, 6) is 1.05. The van der Waals surface area contributed by atoms with E-state index in [0.717, 1.165) is 12.8 Å². The smallest absolute Gasteiger partial charge is 0.251 e. The summed E-state index contributed by atoms with van der Waals surface area (Å²) >= 11 is 0. The third-order valence-electron chi connectivity index (χ3n) is 2.31. The van der Waals surface area contributed by atoms with Crippen molar-refractivity contribution >= 4 is 0 Å². The van der Waals surface area contributed by atoms with Gasteiger partial charge in [0, 0.05) is 18.5 Å². The summed E-state index contributed by atoms with van der Waals surface area (Å²) in [5, 5.41) is 9.44. The largest absolute Gasteiger partial charge is 0.385 e. The SMILES string of the molecule is NCC(O)c1cc(=O)[nH]c(C2CC2)n1. The molecule has 1 saturated carbocycles. The summed E-state index contributed by atoms with van der Waals surface area (Å²) in [6, 6.07) is 1.30. The Bertz CT molecular complexity index is 384. The van der Waals surface area contributed by atoms with Gasteiger partial charge in [0.15, 0.2) is 0 Å². The van der Waals surface area contributed by atoms with E-state index in [1.165, 1.54) is 6.07 Å². The van der Waals surface area contributed by atoms with E-state index in [0.29, 0.717) is 17.4 Å². The van der Waals surface area contributed by atoms with Gasteiger partial charge in [-0.05, 0) is 12.8 Å². The van der Waals surface area contributed by atoms with E-state index in [1.54, 1.807) is 0 Å². The number of aromatic amines is 1. The van der Waals surface area contributed by atoms with Crippen molar-refractivity contribution in [1.29, 1.82) is 0 Å². The number of hydrogen-bond acceptors (Lipinski definition) is 4. The van der Waals surface area contributed by atoms with E-state index in [9.17, 15) is 9.90 Å². The molecule has 0 radical (unpaired) electrons. The van der Waals surface area contributed by atoms with Gasteiger partial charge in [0.2, 0.25) is 0 Å². The van der Waals surface area contributed by atoms with E-state index < -0.39 is 6.10 Å². The Morgan fingerprint density at radius 3 is 3.00 bits per heavy atom. The van der Waals surface area contributed by atoms with Gasteiger partial charge in [-0.15, -0.1) is 0 Å². The molecule has 1 aromatic heterocycles. The fourth-order valence-corrected chi connectivity index (χ4v) is 1.34. The zero-order valence-corrected chi connectivity index (χ0v) is 7.73. The highest BCUT2D eigenvalue weighted by Gasteiger charge is 2.26. The number of rotatable bonds is 3. The van der Waals surface area contributed by atoms with Crippen molar-refractivity contribution in [2.45, 2.75) is 24.9 Å². The molecule has 76 valence electrons. The molecule has 4 N–H and O–H groups in total. The molecule has 0 amide bonds. The lowest BCUT2D eigenvalue weighted by Gasteiger charge is -2.07. The number of nitrogens with two attached hydrogens (primary N) is 1. The highest BCUT2D eigenvalue weighted by Crippen LogP contribution is 2.37. The fourth-order valence-electron chi connectivity index (χ4n) is 1.34. The second kappa shape index (κ2) is 3.51. The van der Waals surface area contributed by atoms with Crippen LogP contribution < -0.4 is 11.3 Å². The summed E-state index contributed by atoms with van der Waals surface area (Å²) in [4.78, 5) is 18.1. The summed E-state index contributed by atoms with van der Waals surface area (Å²) < 4.78 is 0. The molecule has 0 saturated heterocycles. The van der Waals surface area contributed by atoms with E-state index >= 15 is 0 Å². The van der Waals surface area contributed by atoms with Gasteiger partial charge in [-0.3, -0.25) is 4.79 Å². The van der Waals surface area contributed by atoms with Gasteiger partial charge in [0.1, 0.15) is 11.9 Å².